The number of ether oxygens (including phenoxy) is 3. The maximum atomic E-state index is 13.8. The molecule has 0 unspecified atom stereocenters. The first-order valence-corrected chi connectivity index (χ1v) is 15.9. The summed E-state index contributed by atoms with van der Waals surface area (Å²) in [6, 6.07) is 14.9. The van der Waals surface area contributed by atoms with Crippen molar-refractivity contribution in [2.45, 2.75) is 111 Å². The molecule has 12 heteroatoms. The van der Waals surface area contributed by atoms with Crippen LogP contribution in [-0.2, 0) is 38.5 Å². The molecule has 1 heterocycles. The Balaban J connectivity index is 1.81. The van der Waals surface area contributed by atoms with Gasteiger partial charge in [0.25, 0.3) is 0 Å². The van der Waals surface area contributed by atoms with E-state index in [0.29, 0.717) is 18.1 Å². The van der Waals surface area contributed by atoms with Gasteiger partial charge in [-0.1, -0.05) is 42.5 Å². The second-order valence-corrected chi connectivity index (χ2v) is 14.6. The van der Waals surface area contributed by atoms with E-state index in [1.165, 1.54) is 12.5 Å². The maximum Gasteiger partial charge on any atom is 0.419 e. The van der Waals surface area contributed by atoms with Crippen LogP contribution in [-0.4, -0.2) is 62.4 Å². The predicted molar refractivity (Wildman–Crippen MR) is 181 cm³/mol. The SMILES string of the molecule is CC(C)(C)NC(=O)[C@H](Cc1ccc(OCc2ccccc2)cc1)NC(=O)[C@H](Cc1cn(C(=O)OC(C)(C)C)cn1)NC(=O)OC(C)(C)C. The summed E-state index contributed by atoms with van der Waals surface area (Å²) in [5, 5.41) is 8.35. The number of hydrogen-bond donors (Lipinski definition) is 3. The molecular weight excluding hydrogens is 614 g/mol. The second-order valence-electron chi connectivity index (χ2n) is 14.6. The lowest BCUT2D eigenvalue weighted by Crippen LogP contribution is -2.57. The maximum absolute atomic E-state index is 13.8. The number of alkyl carbamates (subject to hydrolysis) is 1. The molecule has 0 aliphatic heterocycles. The molecule has 3 aromatic rings. The standard InChI is InChI=1S/C36H49N5O7/c1-34(2,3)40-31(43)28(19-24-15-17-27(18-16-24)46-22-25-13-11-10-12-14-25)38-30(42)29(39-32(44)47-35(4,5)6)20-26-21-41(23-37-26)33(45)48-36(7,8)9/h10-18,21,23,28-29H,19-20,22H2,1-9H3,(H,38,42)(H,39,44)(H,40,43)/t28-,29-/m0/s1. The Morgan fingerprint density at radius 1 is 0.729 bits per heavy atom. The first-order valence-electron chi connectivity index (χ1n) is 15.9. The summed E-state index contributed by atoms with van der Waals surface area (Å²) in [6.07, 6.45) is 1.31. The molecule has 0 bridgehead atoms. The number of imidazole rings is 1. The molecule has 2 atom stereocenters. The fourth-order valence-corrected chi connectivity index (χ4v) is 4.39. The first kappa shape index (κ1) is 37.6. The molecule has 48 heavy (non-hydrogen) atoms. The normalized spacial score (nSPS) is 13.1. The lowest BCUT2D eigenvalue weighted by Gasteiger charge is -2.27. The van der Waals surface area contributed by atoms with Gasteiger partial charge in [-0.3, -0.25) is 9.59 Å². The zero-order chi connectivity index (χ0) is 35.7. The third kappa shape index (κ3) is 13.5. The van der Waals surface area contributed by atoms with Crippen LogP contribution in [0.4, 0.5) is 9.59 Å². The molecule has 3 amide bonds. The molecule has 260 valence electrons. The Kier molecular flexibility index (Phi) is 12.4. The topological polar surface area (TPSA) is 150 Å². The van der Waals surface area contributed by atoms with E-state index in [9.17, 15) is 19.2 Å². The van der Waals surface area contributed by atoms with Crippen LogP contribution in [0.2, 0.25) is 0 Å². The fourth-order valence-electron chi connectivity index (χ4n) is 4.39. The van der Waals surface area contributed by atoms with E-state index in [0.717, 1.165) is 15.7 Å². The molecule has 2 aromatic carbocycles. The lowest BCUT2D eigenvalue weighted by atomic mass is 10.0. The summed E-state index contributed by atoms with van der Waals surface area (Å²) in [5.41, 5.74) is 0.0330. The minimum Gasteiger partial charge on any atom is -0.489 e. The van der Waals surface area contributed by atoms with Crippen LogP contribution in [0.5, 0.6) is 5.75 Å². The van der Waals surface area contributed by atoms with Crippen molar-refractivity contribution < 1.29 is 33.4 Å². The molecule has 3 rings (SSSR count). The molecule has 0 spiro atoms. The van der Waals surface area contributed by atoms with E-state index in [1.54, 1.807) is 41.5 Å². The van der Waals surface area contributed by atoms with Crippen molar-refractivity contribution in [1.82, 2.24) is 25.5 Å². The van der Waals surface area contributed by atoms with Gasteiger partial charge in [0, 0.05) is 24.6 Å². The quantitative estimate of drug-likeness (QED) is 0.250. The van der Waals surface area contributed by atoms with Crippen LogP contribution in [0.1, 0.15) is 79.1 Å². The highest BCUT2D eigenvalue weighted by molar-refractivity contribution is 5.92. The molecule has 0 radical (unpaired) electrons. The summed E-state index contributed by atoms with van der Waals surface area (Å²) in [6.45, 7) is 16.3. The van der Waals surface area contributed by atoms with Gasteiger partial charge in [0.1, 0.15) is 42.0 Å². The minimum absolute atomic E-state index is 0.0953. The van der Waals surface area contributed by atoms with Crippen LogP contribution < -0.4 is 20.7 Å². The summed E-state index contributed by atoms with van der Waals surface area (Å²) < 4.78 is 17.8. The third-order valence-electron chi connectivity index (χ3n) is 6.40. The van der Waals surface area contributed by atoms with Gasteiger partial charge in [0.05, 0.1) is 5.69 Å². The smallest absolute Gasteiger partial charge is 0.419 e. The third-order valence-corrected chi connectivity index (χ3v) is 6.40. The van der Waals surface area contributed by atoms with Crippen molar-refractivity contribution in [1.29, 1.82) is 0 Å². The van der Waals surface area contributed by atoms with Gasteiger partial charge in [-0.05, 0) is 85.6 Å². The molecule has 0 aliphatic carbocycles. The minimum atomic E-state index is -1.19. The molecule has 0 saturated heterocycles. The fraction of sp³-hybridized carbons (Fsp3) is 0.472. The Morgan fingerprint density at radius 2 is 1.33 bits per heavy atom. The highest BCUT2D eigenvalue weighted by Gasteiger charge is 2.31. The highest BCUT2D eigenvalue weighted by atomic mass is 16.6. The van der Waals surface area contributed by atoms with Crippen LogP contribution >= 0.6 is 0 Å². The lowest BCUT2D eigenvalue weighted by molar-refractivity contribution is -0.130. The monoisotopic (exact) mass is 663 g/mol. The molecule has 3 N–H and O–H groups in total. The van der Waals surface area contributed by atoms with Gasteiger partial charge >= 0.3 is 12.2 Å². The molecular formula is C36H49N5O7. The number of benzene rings is 2. The number of carbonyl (C=O) groups excluding carboxylic acids is 4. The summed E-state index contributed by atoms with van der Waals surface area (Å²) >= 11 is 0. The number of aromatic nitrogens is 2. The van der Waals surface area contributed by atoms with Crippen LogP contribution in [0.3, 0.4) is 0 Å². The number of amides is 3. The Hall–Kier alpha value is -4.87. The van der Waals surface area contributed by atoms with Crippen LogP contribution in [0, 0.1) is 0 Å². The highest BCUT2D eigenvalue weighted by Crippen LogP contribution is 2.17. The van der Waals surface area contributed by atoms with Crippen molar-refractivity contribution in [3.63, 3.8) is 0 Å². The number of nitrogens with zero attached hydrogens (tertiary/aromatic N) is 2. The van der Waals surface area contributed by atoms with Gasteiger partial charge in [-0.15, -0.1) is 0 Å². The van der Waals surface area contributed by atoms with E-state index >= 15 is 0 Å². The first-order chi connectivity index (χ1) is 22.3. The number of carbonyl (C=O) groups is 4. The van der Waals surface area contributed by atoms with Crippen molar-refractivity contribution >= 4 is 24.0 Å². The summed E-state index contributed by atoms with van der Waals surface area (Å²) in [5.74, 6) is -0.371. The number of rotatable bonds is 11. The van der Waals surface area contributed by atoms with Crippen molar-refractivity contribution in [3.8, 4) is 5.75 Å². The van der Waals surface area contributed by atoms with E-state index in [1.807, 2.05) is 75.4 Å². The van der Waals surface area contributed by atoms with Crippen LogP contribution in [0.15, 0.2) is 67.1 Å². The average Bonchev–Trinajstić information content (AvgIpc) is 3.43. The Bertz CT molecular complexity index is 1530. The van der Waals surface area contributed by atoms with Gasteiger partial charge < -0.3 is 30.2 Å². The zero-order valence-electron chi connectivity index (χ0n) is 29.4. The van der Waals surface area contributed by atoms with Gasteiger partial charge in [-0.2, -0.15) is 0 Å². The summed E-state index contributed by atoms with van der Waals surface area (Å²) in [7, 11) is 0. The van der Waals surface area contributed by atoms with Crippen molar-refractivity contribution in [3.05, 3.63) is 83.9 Å². The van der Waals surface area contributed by atoms with Crippen molar-refractivity contribution in [2.75, 3.05) is 0 Å². The predicted octanol–water partition coefficient (Wildman–Crippen LogP) is 5.32. The van der Waals surface area contributed by atoms with E-state index in [-0.39, 0.29) is 12.8 Å². The van der Waals surface area contributed by atoms with E-state index in [4.69, 9.17) is 14.2 Å². The number of nitrogens with one attached hydrogen (secondary N) is 3. The molecule has 1 aromatic heterocycles. The molecule has 0 saturated carbocycles. The van der Waals surface area contributed by atoms with E-state index < -0.39 is 52.8 Å². The molecule has 0 fully saturated rings. The Morgan fingerprint density at radius 3 is 1.92 bits per heavy atom. The number of hydrogen-bond acceptors (Lipinski definition) is 8. The van der Waals surface area contributed by atoms with Crippen molar-refractivity contribution in [2.24, 2.45) is 0 Å². The van der Waals surface area contributed by atoms with E-state index in [2.05, 4.69) is 20.9 Å². The Labute approximate surface area is 282 Å². The average molecular weight is 664 g/mol. The van der Waals surface area contributed by atoms with Gasteiger partial charge in [0.2, 0.25) is 11.8 Å². The summed E-state index contributed by atoms with van der Waals surface area (Å²) in [4.78, 5) is 56.9. The molecule has 0 aliphatic rings. The van der Waals surface area contributed by atoms with Gasteiger partial charge in [-0.25, -0.2) is 19.1 Å². The second kappa shape index (κ2) is 15.8. The zero-order valence-corrected chi connectivity index (χ0v) is 29.4. The van der Waals surface area contributed by atoms with Gasteiger partial charge in [0.15, 0.2) is 0 Å². The van der Waals surface area contributed by atoms with Crippen LogP contribution in [0.25, 0.3) is 0 Å². The molecule has 12 nitrogen and oxygen atoms in total. The largest absolute Gasteiger partial charge is 0.489 e.